The Hall–Kier alpha value is -2.72. The van der Waals surface area contributed by atoms with E-state index in [0.29, 0.717) is 16.1 Å². The number of nitrogens with one attached hydrogen (secondary N) is 1. The van der Waals surface area contributed by atoms with Crippen LogP contribution < -0.4 is 5.43 Å². The first-order valence-electron chi connectivity index (χ1n) is 9.35. The Balaban J connectivity index is 1.79. The molecule has 0 unspecified atom stereocenters. The van der Waals surface area contributed by atoms with Crippen LogP contribution >= 0.6 is 27.5 Å². The molecule has 166 valence electrons. The van der Waals surface area contributed by atoms with Crippen LogP contribution in [0, 0.1) is 0 Å². The molecule has 0 aromatic heterocycles. The first-order chi connectivity index (χ1) is 15.2. The lowest BCUT2D eigenvalue weighted by molar-refractivity contribution is -0.121. The van der Waals surface area contributed by atoms with Crippen molar-refractivity contribution in [3.63, 3.8) is 0 Å². The number of phenols is 1. The molecule has 2 N–H and O–H groups in total. The van der Waals surface area contributed by atoms with E-state index in [0.717, 1.165) is 8.78 Å². The van der Waals surface area contributed by atoms with Gasteiger partial charge < -0.3 is 5.11 Å². The van der Waals surface area contributed by atoms with Gasteiger partial charge in [-0.25, -0.2) is 13.8 Å². The van der Waals surface area contributed by atoms with Crippen LogP contribution in [0.25, 0.3) is 0 Å². The highest BCUT2D eigenvalue weighted by Gasteiger charge is 2.27. The summed E-state index contributed by atoms with van der Waals surface area (Å²) in [4.78, 5) is 12.5. The van der Waals surface area contributed by atoms with Gasteiger partial charge in [-0.3, -0.25) is 4.79 Å². The summed E-state index contributed by atoms with van der Waals surface area (Å²) in [6.07, 6.45) is 1.35. The molecule has 3 rings (SSSR count). The van der Waals surface area contributed by atoms with Crippen molar-refractivity contribution in [3.05, 3.63) is 93.4 Å². The maximum absolute atomic E-state index is 13.2. The van der Waals surface area contributed by atoms with Crippen molar-refractivity contribution < 1.29 is 18.3 Å². The number of amides is 1. The summed E-state index contributed by atoms with van der Waals surface area (Å²) < 4.78 is 28.3. The van der Waals surface area contributed by atoms with E-state index in [1.54, 1.807) is 36.4 Å². The third kappa shape index (κ3) is 6.64. The maximum Gasteiger partial charge on any atom is 0.255 e. The van der Waals surface area contributed by atoms with Gasteiger partial charge in [0.15, 0.2) is 0 Å². The molecule has 0 fully saturated rings. The summed E-state index contributed by atoms with van der Waals surface area (Å²) in [5, 5.41) is 13.7. The van der Waals surface area contributed by atoms with Crippen molar-refractivity contribution in [2.75, 3.05) is 6.54 Å². The standard InChI is InChI=1S/C22H19BrClN3O4S/c23-18-6-4-16(5-7-18)14-27(32(30,31)21-10-8-19(24)9-11-21)15-22(29)26-25-13-17-2-1-3-20(28)12-17/h1-13,28H,14-15H2,(H,26,29)/b25-13-. The van der Waals surface area contributed by atoms with Gasteiger partial charge >= 0.3 is 0 Å². The van der Waals surface area contributed by atoms with Crippen LogP contribution in [-0.2, 0) is 21.4 Å². The number of hydrogen-bond acceptors (Lipinski definition) is 5. The molecule has 0 spiro atoms. The zero-order valence-electron chi connectivity index (χ0n) is 16.7. The minimum Gasteiger partial charge on any atom is -0.508 e. The van der Waals surface area contributed by atoms with Crippen LogP contribution in [0.3, 0.4) is 0 Å². The van der Waals surface area contributed by atoms with Crippen LogP contribution in [-0.4, -0.2) is 36.5 Å². The molecule has 0 saturated carbocycles. The van der Waals surface area contributed by atoms with E-state index < -0.39 is 22.5 Å². The smallest absolute Gasteiger partial charge is 0.255 e. The molecule has 0 radical (unpaired) electrons. The number of benzene rings is 3. The predicted molar refractivity (Wildman–Crippen MR) is 127 cm³/mol. The number of halogens is 2. The summed E-state index contributed by atoms with van der Waals surface area (Å²) in [6, 6.07) is 19.2. The molecular formula is C22H19BrClN3O4S. The number of hydrogen-bond donors (Lipinski definition) is 2. The fourth-order valence-electron chi connectivity index (χ4n) is 2.75. The van der Waals surface area contributed by atoms with Gasteiger partial charge in [-0.2, -0.15) is 9.41 Å². The minimum absolute atomic E-state index is 0.0120. The van der Waals surface area contributed by atoms with Crippen molar-refractivity contribution in [3.8, 4) is 5.75 Å². The quantitative estimate of drug-likeness (QED) is 0.334. The Bertz CT molecular complexity index is 1220. The fraction of sp³-hybridized carbons (Fsp3) is 0.0909. The first-order valence-corrected chi connectivity index (χ1v) is 12.0. The zero-order valence-corrected chi connectivity index (χ0v) is 19.8. The number of phenolic OH excluding ortho intramolecular Hbond substituents is 1. The SMILES string of the molecule is O=C(CN(Cc1ccc(Br)cc1)S(=O)(=O)c1ccc(Cl)cc1)N/N=C\c1cccc(O)c1. The third-order valence-corrected chi connectivity index (χ3v) is 6.90. The van der Waals surface area contributed by atoms with Crippen LogP contribution in [0.15, 0.2) is 87.3 Å². The van der Waals surface area contributed by atoms with Gasteiger partial charge in [-0.15, -0.1) is 0 Å². The molecule has 0 aliphatic rings. The molecule has 0 heterocycles. The van der Waals surface area contributed by atoms with Gasteiger partial charge in [0, 0.05) is 16.0 Å². The van der Waals surface area contributed by atoms with Crippen molar-refractivity contribution in [2.24, 2.45) is 5.10 Å². The van der Waals surface area contributed by atoms with Crippen LogP contribution in [0.4, 0.5) is 0 Å². The second-order valence-electron chi connectivity index (χ2n) is 6.74. The van der Waals surface area contributed by atoms with E-state index in [1.807, 2.05) is 0 Å². The monoisotopic (exact) mass is 535 g/mol. The van der Waals surface area contributed by atoms with E-state index in [4.69, 9.17) is 11.6 Å². The highest BCUT2D eigenvalue weighted by molar-refractivity contribution is 9.10. The fourth-order valence-corrected chi connectivity index (χ4v) is 4.53. The van der Waals surface area contributed by atoms with Gasteiger partial charge in [0.2, 0.25) is 10.0 Å². The lowest BCUT2D eigenvalue weighted by Gasteiger charge is -2.21. The number of sulfonamides is 1. The first kappa shape index (κ1) is 23.9. The lowest BCUT2D eigenvalue weighted by Crippen LogP contribution is -2.39. The maximum atomic E-state index is 13.2. The Morgan fingerprint density at radius 3 is 2.44 bits per heavy atom. The summed E-state index contributed by atoms with van der Waals surface area (Å²) in [5.74, 6) is -0.550. The highest BCUT2D eigenvalue weighted by Crippen LogP contribution is 2.21. The van der Waals surface area contributed by atoms with Crippen LogP contribution in [0.2, 0.25) is 5.02 Å². The average Bonchev–Trinajstić information content (AvgIpc) is 2.75. The second-order valence-corrected chi connectivity index (χ2v) is 10.0. The van der Waals surface area contributed by atoms with Gasteiger partial charge in [-0.05, 0) is 59.7 Å². The summed E-state index contributed by atoms with van der Waals surface area (Å²) in [5.41, 5.74) is 3.61. The molecule has 0 aliphatic carbocycles. The van der Waals surface area contributed by atoms with E-state index >= 15 is 0 Å². The van der Waals surface area contributed by atoms with Crippen LogP contribution in [0.5, 0.6) is 5.75 Å². The highest BCUT2D eigenvalue weighted by atomic mass is 79.9. The third-order valence-electron chi connectivity index (χ3n) is 4.32. The van der Waals surface area contributed by atoms with Crippen LogP contribution in [0.1, 0.15) is 11.1 Å². The summed E-state index contributed by atoms with van der Waals surface area (Å²) >= 11 is 9.23. The van der Waals surface area contributed by atoms with Crippen molar-refractivity contribution in [1.82, 2.24) is 9.73 Å². The molecule has 3 aromatic carbocycles. The number of nitrogens with zero attached hydrogens (tertiary/aromatic N) is 2. The number of carbonyl (C=O) groups excluding carboxylic acids is 1. The predicted octanol–water partition coefficient (Wildman–Crippen LogP) is 4.15. The van der Waals surface area contributed by atoms with Crippen molar-refractivity contribution >= 4 is 49.7 Å². The minimum atomic E-state index is -3.99. The molecule has 3 aromatic rings. The Morgan fingerprint density at radius 2 is 1.78 bits per heavy atom. The van der Waals surface area contributed by atoms with Gasteiger partial charge in [-0.1, -0.05) is 51.8 Å². The van der Waals surface area contributed by atoms with Gasteiger partial charge in [0.05, 0.1) is 17.7 Å². The van der Waals surface area contributed by atoms with E-state index in [1.165, 1.54) is 42.6 Å². The normalized spacial score (nSPS) is 11.7. The molecule has 10 heteroatoms. The van der Waals surface area contributed by atoms with Crippen molar-refractivity contribution in [1.29, 1.82) is 0 Å². The second kappa shape index (κ2) is 10.7. The zero-order chi connectivity index (χ0) is 23.1. The molecule has 0 saturated heterocycles. The van der Waals surface area contributed by atoms with E-state index in [-0.39, 0.29) is 17.2 Å². The largest absolute Gasteiger partial charge is 0.508 e. The number of hydrazone groups is 1. The lowest BCUT2D eigenvalue weighted by atomic mass is 10.2. The van der Waals surface area contributed by atoms with Gasteiger partial charge in [0.25, 0.3) is 5.91 Å². The average molecular weight is 537 g/mol. The number of rotatable bonds is 8. The number of aromatic hydroxyl groups is 1. The molecule has 0 aliphatic heterocycles. The van der Waals surface area contributed by atoms with Crippen molar-refractivity contribution in [2.45, 2.75) is 11.4 Å². The molecule has 32 heavy (non-hydrogen) atoms. The molecule has 1 amide bonds. The Morgan fingerprint density at radius 1 is 1.09 bits per heavy atom. The number of carbonyl (C=O) groups is 1. The molecular weight excluding hydrogens is 518 g/mol. The topological polar surface area (TPSA) is 99.1 Å². The van der Waals surface area contributed by atoms with E-state index in [2.05, 4.69) is 26.5 Å². The molecule has 7 nitrogen and oxygen atoms in total. The van der Waals surface area contributed by atoms with E-state index in [9.17, 15) is 18.3 Å². The summed E-state index contributed by atoms with van der Waals surface area (Å²) in [6.45, 7) is -0.458. The molecule has 0 atom stereocenters. The van der Waals surface area contributed by atoms with Gasteiger partial charge in [0.1, 0.15) is 5.75 Å². The Labute approximate surface area is 199 Å². The summed E-state index contributed by atoms with van der Waals surface area (Å²) in [7, 11) is -3.99. The Kier molecular flexibility index (Phi) is 8.03. The molecule has 0 bridgehead atoms.